The fourth-order valence-electron chi connectivity index (χ4n) is 3.52. The van der Waals surface area contributed by atoms with Crippen LogP contribution in [0.4, 0.5) is 11.6 Å². The van der Waals surface area contributed by atoms with E-state index in [1.54, 1.807) is 29.6 Å². The lowest BCUT2D eigenvalue weighted by Crippen LogP contribution is -2.52. The van der Waals surface area contributed by atoms with Crippen LogP contribution in [-0.4, -0.2) is 64.4 Å². The minimum Gasteiger partial charge on any atom is -0.338 e. The molecule has 0 atom stereocenters. The Morgan fingerprint density at radius 1 is 0.931 bits per heavy atom. The molecule has 29 heavy (non-hydrogen) atoms. The Morgan fingerprint density at radius 2 is 1.62 bits per heavy atom. The molecule has 1 aliphatic heterocycles. The summed E-state index contributed by atoms with van der Waals surface area (Å²) in [5, 5.41) is 0.931. The Morgan fingerprint density at radius 3 is 2.34 bits per heavy atom. The van der Waals surface area contributed by atoms with Crippen molar-refractivity contribution in [3.63, 3.8) is 0 Å². The van der Waals surface area contributed by atoms with E-state index in [-0.39, 0.29) is 18.4 Å². The Balaban J connectivity index is 1.47. The quantitative estimate of drug-likeness (QED) is 0.675. The van der Waals surface area contributed by atoms with Gasteiger partial charge in [0.2, 0.25) is 17.8 Å². The number of nitrogens with zero attached hydrogens (tertiary/aromatic N) is 6. The molecule has 3 heterocycles. The van der Waals surface area contributed by atoms with Gasteiger partial charge in [0.1, 0.15) is 6.54 Å². The predicted octanol–water partition coefficient (Wildman–Crippen LogP) is 1.73. The number of carbonyl (C=O) groups excluding carboxylic acids is 2. The van der Waals surface area contributed by atoms with E-state index in [4.69, 9.17) is 0 Å². The third-order valence-electron chi connectivity index (χ3n) is 5.04. The number of rotatable bonds is 4. The molecule has 1 fully saturated rings. The maximum absolute atomic E-state index is 12.9. The molecule has 2 amide bonds. The van der Waals surface area contributed by atoms with E-state index in [0.717, 1.165) is 5.39 Å². The van der Waals surface area contributed by atoms with E-state index in [1.807, 2.05) is 30.3 Å². The molecule has 148 valence electrons. The first-order valence-corrected chi connectivity index (χ1v) is 9.55. The molecule has 0 unspecified atom stereocenters. The van der Waals surface area contributed by atoms with Crippen molar-refractivity contribution in [1.29, 1.82) is 0 Å². The largest absolute Gasteiger partial charge is 0.338 e. The van der Waals surface area contributed by atoms with Crippen molar-refractivity contribution < 1.29 is 9.59 Å². The van der Waals surface area contributed by atoms with Crippen LogP contribution in [0.25, 0.3) is 10.9 Å². The molecule has 3 aromatic rings. The first-order valence-electron chi connectivity index (χ1n) is 9.55. The summed E-state index contributed by atoms with van der Waals surface area (Å²) in [6.45, 7) is 3.91. The Labute approximate surface area is 168 Å². The van der Waals surface area contributed by atoms with Crippen molar-refractivity contribution in [2.45, 2.75) is 6.92 Å². The van der Waals surface area contributed by atoms with Gasteiger partial charge >= 0.3 is 0 Å². The molecule has 0 spiro atoms. The summed E-state index contributed by atoms with van der Waals surface area (Å²) in [5.41, 5.74) is 1.37. The number of piperazine rings is 1. The van der Waals surface area contributed by atoms with Crippen LogP contribution in [0.1, 0.15) is 6.92 Å². The molecule has 8 nitrogen and oxygen atoms in total. The average Bonchev–Trinajstić information content (AvgIpc) is 2.77. The Hall–Kier alpha value is -3.55. The van der Waals surface area contributed by atoms with Gasteiger partial charge < -0.3 is 14.7 Å². The highest BCUT2D eigenvalue weighted by Crippen LogP contribution is 2.25. The predicted molar refractivity (Wildman–Crippen MR) is 111 cm³/mol. The molecule has 0 saturated carbocycles. The van der Waals surface area contributed by atoms with Crippen molar-refractivity contribution in [2.24, 2.45) is 0 Å². The fourth-order valence-corrected chi connectivity index (χ4v) is 3.52. The van der Waals surface area contributed by atoms with E-state index in [1.165, 1.54) is 11.8 Å². The number of anilines is 2. The number of carbonyl (C=O) groups is 2. The van der Waals surface area contributed by atoms with Crippen LogP contribution in [0.2, 0.25) is 0 Å². The Kier molecular flexibility index (Phi) is 5.33. The maximum Gasteiger partial charge on any atom is 0.242 e. The molecule has 1 aliphatic rings. The Bertz CT molecular complexity index is 1010. The second-order valence-corrected chi connectivity index (χ2v) is 6.87. The molecular formula is C21H22N6O2. The summed E-state index contributed by atoms with van der Waals surface area (Å²) < 4.78 is 0. The summed E-state index contributed by atoms with van der Waals surface area (Å²) in [6, 6.07) is 11.2. The molecule has 0 N–H and O–H groups in total. The summed E-state index contributed by atoms with van der Waals surface area (Å²) in [5.74, 6) is 0.404. The van der Waals surface area contributed by atoms with E-state index >= 15 is 0 Å². The van der Waals surface area contributed by atoms with E-state index < -0.39 is 0 Å². The number of amides is 2. The lowest BCUT2D eigenvalue weighted by Gasteiger charge is -2.35. The van der Waals surface area contributed by atoms with Crippen molar-refractivity contribution in [1.82, 2.24) is 19.9 Å². The maximum atomic E-state index is 12.9. The van der Waals surface area contributed by atoms with Crippen LogP contribution in [0, 0.1) is 0 Å². The zero-order valence-corrected chi connectivity index (χ0v) is 16.2. The van der Waals surface area contributed by atoms with Crippen LogP contribution in [0.15, 0.2) is 55.0 Å². The first-order chi connectivity index (χ1) is 14.1. The van der Waals surface area contributed by atoms with Crippen LogP contribution < -0.4 is 9.80 Å². The standard InChI is InChI=1S/C21H22N6O2/c1-16(28)27(18-7-2-5-17-6-3-8-22-20(17)18)15-19(29)25-11-13-26(14-12-25)21-23-9-4-10-24-21/h2-10H,11-15H2,1H3. The van der Waals surface area contributed by atoms with Gasteiger partial charge in [-0.15, -0.1) is 0 Å². The lowest BCUT2D eigenvalue weighted by atomic mass is 10.1. The van der Waals surface area contributed by atoms with Crippen molar-refractivity contribution in [3.8, 4) is 0 Å². The number of fused-ring (bicyclic) bond motifs is 1. The van der Waals surface area contributed by atoms with Gasteiger partial charge in [0, 0.05) is 57.1 Å². The van der Waals surface area contributed by atoms with Gasteiger partial charge in [-0.3, -0.25) is 14.6 Å². The number of pyridine rings is 1. The van der Waals surface area contributed by atoms with Crippen molar-refractivity contribution in [3.05, 3.63) is 55.0 Å². The topological polar surface area (TPSA) is 82.5 Å². The smallest absolute Gasteiger partial charge is 0.242 e. The monoisotopic (exact) mass is 390 g/mol. The number of hydrogen-bond donors (Lipinski definition) is 0. The fraction of sp³-hybridized carbons (Fsp3) is 0.286. The minimum atomic E-state index is -0.187. The van der Waals surface area contributed by atoms with Crippen LogP contribution in [0.5, 0.6) is 0 Å². The summed E-state index contributed by atoms with van der Waals surface area (Å²) >= 11 is 0. The second-order valence-electron chi connectivity index (χ2n) is 6.87. The number of aromatic nitrogens is 3. The molecular weight excluding hydrogens is 368 g/mol. The highest BCUT2D eigenvalue weighted by molar-refractivity contribution is 6.04. The molecule has 0 radical (unpaired) electrons. The summed E-state index contributed by atoms with van der Waals surface area (Å²) in [7, 11) is 0. The highest BCUT2D eigenvalue weighted by Gasteiger charge is 2.26. The van der Waals surface area contributed by atoms with E-state index in [9.17, 15) is 9.59 Å². The van der Waals surface area contributed by atoms with Crippen LogP contribution in [0.3, 0.4) is 0 Å². The lowest BCUT2D eigenvalue weighted by molar-refractivity contribution is -0.131. The summed E-state index contributed by atoms with van der Waals surface area (Å²) in [6.07, 6.45) is 5.11. The normalized spacial score (nSPS) is 14.1. The average molecular weight is 390 g/mol. The van der Waals surface area contributed by atoms with Crippen LogP contribution in [-0.2, 0) is 9.59 Å². The number of hydrogen-bond acceptors (Lipinski definition) is 6. The molecule has 4 rings (SSSR count). The van der Waals surface area contributed by atoms with Gasteiger partial charge in [-0.1, -0.05) is 18.2 Å². The third kappa shape index (κ3) is 4.01. The molecule has 8 heteroatoms. The van der Waals surface area contributed by atoms with Gasteiger partial charge in [0.15, 0.2) is 0 Å². The number of para-hydroxylation sites is 1. The third-order valence-corrected chi connectivity index (χ3v) is 5.04. The highest BCUT2D eigenvalue weighted by atomic mass is 16.2. The zero-order chi connectivity index (χ0) is 20.2. The first kappa shape index (κ1) is 18.8. The molecule has 0 aliphatic carbocycles. The van der Waals surface area contributed by atoms with Gasteiger partial charge in [-0.05, 0) is 18.2 Å². The molecule has 1 saturated heterocycles. The second kappa shape index (κ2) is 8.22. The van der Waals surface area contributed by atoms with Crippen LogP contribution >= 0.6 is 0 Å². The SMILES string of the molecule is CC(=O)N(CC(=O)N1CCN(c2ncccn2)CC1)c1cccc2cccnc12. The molecule has 2 aromatic heterocycles. The minimum absolute atomic E-state index is 0.00709. The van der Waals surface area contributed by atoms with E-state index in [0.29, 0.717) is 43.3 Å². The molecule has 0 bridgehead atoms. The van der Waals surface area contributed by atoms with Crippen molar-refractivity contribution >= 4 is 34.4 Å². The van der Waals surface area contributed by atoms with Crippen molar-refractivity contribution in [2.75, 3.05) is 42.5 Å². The van der Waals surface area contributed by atoms with Gasteiger partial charge in [0.25, 0.3) is 0 Å². The van der Waals surface area contributed by atoms with E-state index in [2.05, 4.69) is 19.9 Å². The number of benzene rings is 1. The van der Waals surface area contributed by atoms with Gasteiger partial charge in [-0.25, -0.2) is 9.97 Å². The van der Waals surface area contributed by atoms with Gasteiger partial charge in [-0.2, -0.15) is 0 Å². The van der Waals surface area contributed by atoms with Gasteiger partial charge in [0.05, 0.1) is 11.2 Å². The summed E-state index contributed by atoms with van der Waals surface area (Å²) in [4.78, 5) is 43.6. The zero-order valence-electron chi connectivity index (χ0n) is 16.2. The molecule has 1 aromatic carbocycles.